The molecule has 156 valence electrons. The Kier molecular flexibility index (Phi) is 5.72. The van der Waals surface area contributed by atoms with Crippen LogP contribution in [-0.2, 0) is 17.5 Å². The molecule has 0 aliphatic heterocycles. The Bertz CT molecular complexity index is 1100. The van der Waals surface area contributed by atoms with Crippen molar-refractivity contribution in [1.82, 2.24) is 9.78 Å². The van der Waals surface area contributed by atoms with Crippen LogP contribution in [-0.4, -0.2) is 27.8 Å². The number of nitro benzene ring substituents is 1. The number of alkyl halides is 3. The monoisotopic (exact) mass is 421 g/mol. The Morgan fingerprint density at radius 3 is 2.60 bits per heavy atom. The molecule has 0 N–H and O–H groups in total. The molecule has 0 unspecified atom stereocenters. The lowest BCUT2D eigenvalue weighted by molar-refractivity contribution is -0.385. The van der Waals surface area contributed by atoms with Crippen LogP contribution in [0.4, 0.5) is 18.9 Å². The van der Waals surface area contributed by atoms with Crippen LogP contribution in [0.2, 0.25) is 0 Å². The average molecular weight is 421 g/mol. The third-order valence-corrected chi connectivity index (χ3v) is 4.08. The van der Waals surface area contributed by atoms with Crippen molar-refractivity contribution in [1.29, 1.82) is 0 Å². The van der Waals surface area contributed by atoms with E-state index in [1.807, 2.05) is 0 Å². The summed E-state index contributed by atoms with van der Waals surface area (Å²) in [4.78, 5) is 22.9. The van der Waals surface area contributed by atoms with E-state index in [9.17, 15) is 28.1 Å². The smallest absolute Gasteiger partial charge is 0.416 e. The number of aromatic nitrogens is 2. The van der Waals surface area contributed by atoms with Crippen LogP contribution in [0.5, 0.6) is 5.75 Å². The summed E-state index contributed by atoms with van der Waals surface area (Å²) < 4.78 is 50.0. The number of hydrogen-bond acceptors (Lipinski definition) is 6. The normalized spacial score (nSPS) is 11.2. The summed E-state index contributed by atoms with van der Waals surface area (Å²) in [6.45, 7) is -0.393. The van der Waals surface area contributed by atoms with Crippen molar-refractivity contribution in [3.63, 3.8) is 0 Å². The van der Waals surface area contributed by atoms with E-state index in [4.69, 9.17) is 9.47 Å². The third kappa shape index (κ3) is 4.40. The number of rotatable bonds is 6. The van der Waals surface area contributed by atoms with E-state index in [0.29, 0.717) is 0 Å². The molecule has 0 saturated carbocycles. The van der Waals surface area contributed by atoms with Crippen molar-refractivity contribution in [3.05, 3.63) is 81.7 Å². The molecule has 3 rings (SSSR count). The van der Waals surface area contributed by atoms with E-state index in [1.165, 1.54) is 43.6 Å². The summed E-state index contributed by atoms with van der Waals surface area (Å²) in [5.41, 5.74) is -1.15. The second-order valence-electron chi connectivity index (χ2n) is 6.00. The minimum absolute atomic E-state index is 0.0278. The number of methoxy groups -OCH3 is 1. The summed E-state index contributed by atoms with van der Waals surface area (Å²) in [6.07, 6.45) is -3.31. The molecule has 0 fully saturated rings. The van der Waals surface area contributed by atoms with Gasteiger partial charge in [-0.25, -0.2) is 9.48 Å². The van der Waals surface area contributed by atoms with Gasteiger partial charge < -0.3 is 9.47 Å². The third-order valence-electron chi connectivity index (χ3n) is 4.08. The molecule has 0 bridgehead atoms. The Balaban J connectivity index is 1.85. The highest BCUT2D eigenvalue weighted by molar-refractivity contribution is 5.90. The first-order chi connectivity index (χ1) is 14.2. The maximum absolute atomic E-state index is 12.9. The van der Waals surface area contributed by atoms with Gasteiger partial charge in [-0.1, -0.05) is 18.2 Å². The molecule has 0 amide bonds. The van der Waals surface area contributed by atoms with Crippen molar-refractivity contribution in [2.45, 2.75) is 12.8 Å². The van der Waals surface area contributed by atoms with Gasteiger partial charge in [0.2, 0.25) is 5.69 Å². The van der Waals surface area contributed by atoms with Crippen LogP contribution in [0.1, 0.15) is 21.6 Å². The van der Waals surface area contributed by atoms with Crippen LogP contribution in [0.3, 0.4) is 0 Å². The van der Waals surface area contributed by atoms with E-state index >= 15 is 0 Å². The molecule has 0 atom stereocenters. The van der Waals surface area contributed by atoms with Crippen molar-refractivity contribution in [2.24, 2.45) is 0 Å². The number of benzene rings is 2. The number of ether oxygens (including phenoxy) is 2. The minimum Gasteiger partial charge on any atom is -0.493 e. The van der Waals surface area contributed by atoms with Gasteiger partial charge in [-0.05, 0) is 24.3 Å². The lowest BCUT2D eigenvalue weighted by atomic mass is 10.2. The molecular weight excluding hydrogens is 407 g/mol. The summed E-state index contributed by atoms with van der Waals surface area (Å²) in [5, 5.41) is 15.0. The quantitative estimate of drug-likeness (QED) is 0.337. The molecule has 0 aliphatic carbocycles. The molecule has 0 aliphatic rings. The zero-order chi connectivity index (χ0) is 21.9. The number of para-hydroxylation sites is 1. The molecule has 0 radical (unpaired) electrons. The van der Waals surface area contributed by atoms with Gasteiger partial charge in [0.1, 0.15) is 6.61 Å². The predicted octanol–water partition coefficient (Wildman–Crippen LogP) is 4.16. The summed E-state index contributed by atoms with van der Waals surface area (Å²) >= 11 is 0. The maximum Gasteiger partial charge on any atom is 0.416 e. The van der Waals surface area contributed by atoms with Gasteiger partial charge in [0.15, 0.2) is 5.75 Å². The highest BCUT2D eigenvalue weighted by Crippen LogP contribution is 2.31. The SMILES string of the molecule is COc1cn(-c2cccc(C(F)(F)F)c2)nc1C(=O)OCc1ccccc1[N+](=O)[O-]. The van der Waals surface area contributed by atoms with E-state index < -0.39 is 29.2 Å². The summed E-state index contributed by atoms with van der Waals surface area (Å²) in [6, 6.07) is 10.1. The summed E-state index contributed by atoms with van der Waals surface area (Å²) in [7, 11) is 1.26. The number of hydrogen-bond donors (Lipinski definition) is 0. The highest BCUT2D eigenvalue weighted by Gasteiger charge is 2.31. The van der Waals surface area contributed by atoms with Crippen LogP contribution < -0.4 is 4.74 Å². The van der Waals surface area contributed by atoms with Crippen molar-refractivity contribution >= 4 is 11.7 Å². The van der Waals surface area contributed by atoms with Gasteiger partial charge >= 0.3 is 12.1 Å². The Hall–Kier alpha value is -3.89. The largest absolute Gasteiger partial charge is 0.493 e. The zero-order valence-corrected chi connectivity index (χ0v) is 15.4. The number of carbonyl (C=O) groups excluding carboxylic acids is 1. The fourth-order valence-corrected chi connectivity index (χ4v) is 2.63. The van der Waals surface area contributed by atoms with Crippen LogP contribution >= 0.6 is 0 Å². The fraction of sp³-hybridized carbons (Fsp3) is 0.158. The van der Waals surface area contributed by atoms with Crippen LogP contribution in [0, 0.1) is 10.1 Å². The second kappa shape index (κ2) is 8.23. The van der Waals surface area contributed by atoms with Gasteiger partial charge in [0.25, 0.3) is 5.69 Å². The van der Waals surface area contributed by atoms with Gasteiger partial charge in [-0.3, -0.25) is 10.1 Å². The van der Waals surface area contributed by atoms with Crippen LogP contribution in [0.15, 0.2) is 54.7 Å². The van der Waals surface area contributed by atoms with E-state index in [0.717, 1.165) is 16.8 Å². The fourth-order valence-electron chi connectivity index (χ4n) is 2.63. The molecule has 1 heterocycles. The van der Waals surface area contributed by atoms with E-state index in [1.54, 1.807) is 6.07 Å². The molecule has 0 saturated heterocycles. The Labute approximate surface area is 167 Å². The molecule has 30 heavy (non-hydrogen) atoms. The van der Waals surface area contributed by atoms with Gasteiger partial charge in [0.05, 0.1) is 35.0 Å². The Morgan fingerprint density at radius 2 is 1.93 bits per heavy atom. The van der Waals surface area contributed by atoms with Crippen molar-refractivity contribution in [3.8, 4) is 11.4 Å². The number of esters is 1. The molecule has 8 nitrogen and oxygen atoms in total. The van der Waals surface area contributed by atoms with Crippen molar-refractivity contribution in [2.75, 3.05) is 7.11 Å². The van der Waals surface area contributed by atoms with Gasteiger partial charge in [-0.2, -0.15) is 18.3 Å². The minimum atomic E-state index is -4.54. The first-order valence-corrected chi connectivity index (χ1v) is 8.41. The maximum atomic E-state index is 12.9. The first-order valence-electron chi connectivity index (χ1n) is 8.41. The molecule has 3 aromatic rings. The Morgan fingerprint density at radius 1 is 1.20 bits per heavy atom. The molecule has 1 aromatic heterocycles. The summed E-state index contributed by atoms with van der Waals surface area (Å²) in [5.74, 6) is -0.976. The highest BCUT2D eigenvalue weighted by atomic mass is 19.4. The predicted molar refractivity (Wildman–Crippen MR) is 97.3 cm³/mol. The molecule has 2 aromatic carbocycles. The van der Waals surface area contributed by atoms with Gasteiger partial charge in [-0.15, -0.1) is 0 Å². The number of carbonyl (C=O) groups is 1. The standard InChI is InChI=1S/C19H14F3N3O5/c1-29-16-10-24(14-7-4-6-13(9-14)19(20,21)22)23-17(16)18(26)30-11-12-5-2-3-8-15(12)25(27)28/h2-10H,11H2,1H3. The lowest BCUT2D eigenvalue weighted by Crippen LogP contribution is -2.10. The van der Waals surface area contributed by atoms with Crippen molar-refractivity contribution < 1.29 is 32.4 Å². The number of halogens is 3. The van der Waals surface area contributed by atoms with Crippen LogP contribution in [0.25, 0.3) is 5.69 Å². The second-order valence-corrected chi connectivity index (χ2v) is 6.00. The topological polar surface area (TPSA) is 96.5 Å². The first kappa shape index (κ1) is 20.8. The van der Waals surface area contributed by atoms with E-state index in [-0.39, 0.29) is 28.4 Å². The number of nitrogens with zero attached hydrogens (tertiary/aromatic N) is 3. The molecule has 0 spiro atoms. The van der Waals surface area contributed by atoms with E-state index in [2.05, 4.69) is 5.10 Å². The van der Waals surface area contributed by atoms with Gasteiger partial charge in [0, 0.05) is 6.07 Å². The zero-order valence-electron chi connectivity index (χ0n) is 15.4. The molecule has 11 heteroatoms. The molecular formula is C19H14F3N3O5. The average Bonchev–Trinajstić information content (AvgIpc) is 3.16. The lowest BCUT2D eigenvalue weighted by Gasteiger charge is -2.08. The number of nitro groups is 1.